The minimum Gasteiger partial charge on any atom is -0.481 e. The number of rotatable bonds is 4. The lowest BCUT2D eigenvalue weighted by molar-refractivity contribution is -0.137. The summed E-state index contributed by atoms with van der Waals surface area (Å²) in [6.45, 7) is 2.06. The molecule has 0 bridgehead atoms. The van der Waals surface area contributed by atoms with Crippen LogP contribution in [-0.4, -0.2) is 11.1 Å². The highest BCUT2D eigenvalue weighted by Crippen LogP contribution is 1.97. The van der Waals surface area contributed by atoms with E-state index in [9.17, 15) is 4.79 Å². The van der Waals surface area contributed by atoms with Gasteiger partial charge in [-0.25, -0.2) is 0 Å². The Kier molecular flexibility index (Phi) is 9.37. The van der Waals surface area contributed by atoms with Gasteiger partial charge in [0, 0.05) is 13.8 Å². The average molecular weight is 128 g/mol. The van der Waals surface area contributed by atoms with Crippen LogP contribution in [0.3, 0.4) is 0 Å². The third-order valence-corrected chi connectivity index (χ3v) is 0.994. The van der Waals surface area contributed by atoms with Gasteiger partial charge in [0.1, 0.15) is 0 Å². The lowest BCUT2D eigenvalue weighted by atomic mass is 10.2. The summed E-state index contributed by atoms with van der Waals surface area (Å²) >= 11 is 0. The molecule has 9 heavy (non-hydrogen) atoms. The third-order valence-electron chi connectivity index (χ3n) is 0.994. The van der Waals surface area contributed by atoms with Crippen molar-refractivity contribution in [2.45, 2.75) is 32.6 Å². The zero-order valence-electron chi connectivity index (χ0n) is 5.68. The summed E-state index contributed by atoms with van der Waals surface area (Å²) in [5.41, 5.74) is 0. The standard InChI is InChI=1S/C6H12O2.C/c1-2-3-4-5-6(7)8;/h2-5H2,1H3,(H,7,8);. The monoisotopic (exact) mass is 128 g/mol. The number of unbranched alkanes of at least 4 members (excludes halogenated alkanes) is 2. The summed E-state index contributed by atoms with van der Waals surface area (Å²) in [7, 11) is 0. The number of carboxylic acids is 1. The summed E-state index contributed by atoms with van der Waals surface area (Å²) < 4.78 is 0. The fourth-order valence-electron chi connectivity index (χ4n) is 0.526. The molecule has 0 spiro atoms. The van der Waals surface area contributed by atoms with Crippen LogP contribution in [0, 0.1) is 7.43 Å². The van der Waals surface area contributed by atoms with Gasteiger partial charge in [-0.15, -0.1) is 0 Å². The predicted octanol–water partition coefficient (Wildman–Crippen LogP) is 1.73. The molecule has 0 aliphatic carbocycles. The van der Waals surface area contributed by atoms with Crippen molar-refractivity contribution < 1.29 is 9.90 Å². The van der Waals surface area contributed by atoms with Crippen molar-refractivity contribution >= 4 is 5.97 Å². The van der Waals surface area contributed by atoms with Crippen LogP contribution in [0.15, 0.2) is 0 Å². The van der Waals surface area contributed by atoms with Gasteiger partial charge < -0.3 is 5.11 Å². The average Bonchev–Trinajstić information content (AvgIpc) is 1.66. The maximum Gasteiger partial charge on any atom is 0.303 e. The maximum atomic E-state index is 9.87. The second-order valence-corrected chi connectivity index (χ2v) is 1.85. The molecule has 0 saturated heterocycles. The van der Waals surface area contributed by atoms with Crippen molar-refractivity contribution in [1.82, 2.24) is 0 Å². The van der Waals surface area contributed by atoms with Crippen LogP contribution in [0.25, 0.3) is 0 Å². The molecule has 0 saturated carbocycles. The second-order valence-electron chi connectivity index (χ2n) is 1.85. The molecule has 0 fully saturated rings. The molecule has 0 atom stereocenters. The molecule has 0 unspecified atom stereocenters. The predicted molar refractivity (Wildman–Crippen MR) is 35.0 cm³/mol. The Balaban J connectivity index is 0. The van der Waals surface area contributed by atoms with E-state index in [-0.39, 0.29) is 7.43 Å². The Morgan fingerprint density at radius 2 is 2.00 bits per heavy atom. The third kappa shape index (κ3) is 11.2. The van der Waals surface area contributed by atoms with Crippen LogP contribution in [0.5, 0.6) is 0 Å². The molecule has 0 aromatic carbocycles. The highest BCUT2D eigenvalue weighted by Gasteiger charge is 1.92. The molecule has 0 aromatic rings. The minimum atomic E-state index is -0.682. The first-order valence-electron chi connectivity index (χ1n) is 2.99. The molecule has 2 heteroatoms. The van der Waals surface area contributed by atoms with Gasteiger partial charge in [-0.3, -0.25) is 4.79 Å². The van der Waals surface area contributed by atoms with E-state index in [2.05, 4.69) is 6.92 Å². The number of hydrogen-bond acceptors (Lipinski definition) is 1. The Morgan fingerprint density at radius 3 is 2.33 bits per heavy atom. The Hall–Kier alpha value is -0.530. The molecule has 0 heterocycles. The Morgan fingerprint density at radius 1 is 1.44 bits per heavy atom. The topological polar surface area (TPSA) is 37.3 Å². The first-order chi connectivity index (χ1) is 3.77. The van der Waals surface area contributed by atoms with E-state index in [1.54, 1.807) is 0 Å². The zero-order valence-corrected chi connectivity index (χ0v) is 5.68. The Labute approximate surface area is 56.9 Å². The quantitative estimate of drug-likeness (QED) is 0.585. The molecule has 0 rings (SSSR count). The fourth-order valence-corrected chi connectivity index (χ4v) is 0.526. The number of carbonyl (C=O) groups is 1. The minimum absolute atomic E-state index is 0. The van der Waals surface area contributed by atoms with Gasteiger partial charge in [-0.05, 0) is 6.42 Å². The molecule has 0 aromatic heterocycles. The van der Waals surface area contributed by atoms with Gasteiger partial charge >= 0.3 is 5.97 Å². The van der Waals surface area contributed by atoms with Crippen LogP contribution >= 0.6 is 0 Å². The van der Waals surface area contributed by atoms with Gasteiger partial charge in [0.15, 0.2) is 0 Å². The van der Waals surface area contributed by atoms with Gasteiger partial charge in [0.2, 0.25) is 0 Å². The molecule has 52 valence electrons. The molecule has 4 radical (unpaired) electrons. The summed E-state index contributed by atoms with van der Waals surface area (Å²) in [6.07, 6.45) is 3.28. The molecule has 0 aliphatic rings. The van der Waals surface area contributed by atoms with E-state index in [0.717, 1.165) is 19.3 Å². The molecule has 2 nitrogen and oxygen atoms in total. The largest absolute Gasteiger partial charge is 0.481 e. The molecule has 0 aliphatic heterocycles. The van der Waals surface area contributed by atoms with Crippen molar-refractivity contribution in [1.29, 1.82) is 0 Å². The summed E-state index contributed by atoms with van der Waals surface area (Å²) in [5.74, 6) is -0.682. The Bertz CT molecular complexity index is 69.3. The highest BCUT2D eigenvalue weighted by atomic mass is 16.4. The van der Waals surface area contributed by atoms with Crippen LogP contribution in [0.2, 0.25) is 0 Å². The zero-order chi connectivity index (χ0) is 6.41. The van der Waals surface area contributed by atoms with E-state index < -0.39 is 5.97 Å². The molecule has 0 amide bonds. The number of carboxylic acid groups (broad SMARTS) is 1. The van der Waals surface area contributed by atoms with Crippen LogP contribution in [0.4, 0.5) is 0 Å². The summed E-state index contributed by atoms with van der Waals surface area (Å²) in [4.78, 5) is 9.87. The molecular formula is C7H12O2. The van der Waals surface area contributed by atoms with Crippen LogP contribution in [0.1, 0.15) is 32.6 Å². The van der Waals surface area contributed by atoms with E-state index in [4.69, 9.17) is 5.11 Å². The van der Waals surface area contributed by atoms with Crippen LogP contribution < -0.4 is 0 Å². The molecule has 1 N–H and O–H groups in total. The smallest absolute Gasteiger partial charge is 0.303 e. The number of aliphatic carboxylic acids is 1. The first-order valence-corrected chi connectivity index (χ1v) is 2.99. The van der Waals surface area contributed by atoms with E-state index in [1.807, 2.05) is 0 Å². The first kappa shape index (κ1) is 11.3. The van der Waals surface area contributed by atoms with Crippen LogP contribution in [-0.2, 0) is 4.79 Å². The summed E-state index contributed by atoms with van der Waals surface area (Å²) in [6, 6.07) is 0. The lowest BCUT2D eigenvalue weighted by Gasteiger charge is -1.89. The van der Waals surface area contributed by atoms with Crippen molar-refractivity contribution in [3.05, 3.63) is 7.43 Å². The van der Waals surface area contributed by atoms with Crippen molar-refractivity contribution in [3.8, 4) is 0 Å². The maximum absolute atomic E-state index is 9.87. The highest BCUT2D eigenvalue weighted by molar-refractivity contribution is 5.66. The summed E-state index contributed by atoms with van der Waals surface area (Å²) in [5, 5.41) is 8.14. The normalized spacial score (nSPS) is 8.11. The SMILES string of the molecule is CCCCCC(=O)O.[C]. The molecular weight excluding hydrogens is 116 g/mol. The fraction of sp³-hybridized carbons (Fsp3) is 0.714. The van der Waals surface area contributed by atoms with Gasteiger partial charge in [-0.1, -0.05) is 19.8 Å². The van der Waals surface area contributed by atoms with Gasteiger partial charge in [-0.2, -0.15) is 0 Å². The van der Waals surface area contributed by atoms with Gasteiger partial charge in [0.05, 0.1) is 0 Å². The van der Waals surface area contributed by atoms with Crippen molar-refractivity contribution in [2.24, 2.45) is 0 Å². The van der Waals surface area contributed by atoms with Gasteiger partial charge in [0.25, 0.3) is 0 Å². The van der Waals surface area contributed by atoms with Crippen molar-refractivity contribution in [3.63, 3.8) is 0 Å². The lowest BCUT2D eigenvalue weighted by Crippen LogP contribution is -1.92. The second kappa shape index (κ2) is 7.47. The van der Waals surface area contributed by atoms with E-state index in [1.165, 1.54) is 0 Å². The van der Waals surface area contributed by atoms with Crippen molar-refractivity contribution in [2.75, 3.05) is 0 Å². The van der Waals surface area contributed by atoms with E-state index in [0.29, 0.717) is 6.42 Å². The number of hydrogen-bond donors (Lipinski definition) is 1. The van der Waals surface area contributed by atoms with E-state index >= 15 is 0 Å².